The van der Waals surface area contributed by atoms with Crippen molar-refractivity contribution in [2.24, 2.45) is 0 Å². The van der Waals surface area contributed by atoms with Gasteiger partial charge in [-0.2, -0.15) is 0 Å². The molecule has 0 saturated carbocycles. The molecule has 0 spiro atoms. The first-order valence-electron chi connectivity index (χ1n) is 10.1. The second kappa shape index (κ2) is 8.23. The molecule has 0 amide bonds. The molecule has 1 N–H and O–H groups in total. The zero-order valence-electron chi connectivity index (χ0n) is 16.9. The number of hydrogen-bond donors (Lipinski definition) is 1. The quantitative estimate of drug-likeness (QED) is 0.672. The lowest BCUT2D eigenvalue weighted by Gasteiger charge is -2.32. The Morgan fingerprint density at radius 3 is 2.89 bits per heavy atom. The van der Waals surface area contributed by atoms with Crippen molar-refractivity contribution < 1.29 is 9.47 Å². The predicted molar refractivity (Wildman–Crippen MR) is 112 cm³/mol. The highest BCUT2D eigenvalue weighted by Gasteiger charge is 2.23. The normalized spacial score (nSPS) is 17.9. The molecule has 1 saturated heterocycles. The van der Waals surface area contributed by atoms with Crippen LogP contribution in [0.5, 0.6) is 11.5 Å². The Labute approximate surface area is 166 Å². The van der Waals surface area contributed by atoms with Gasteiger partial charge in [0, 0.05) is 36.3 Å². The molecule has 5 nitrogen and oxygen atoms in total. The lowest BCUT2D eigenvalue weighted by molar-refractivity contribution is 0.198. The molecule has 5 heteroatoms. The average Bonchev–Trinajstić information content (AvgIpc) is 3.13. The van der Waals surface area contributed by atoms with Gasteiger partial charge in [-0.05, 0) is 69.1 Å². The number of aromatic nitrogens is 2. The first-order valence-corrected chi connectivity index (χ1v) is 10.1. The molecule has 1 unspecified atom stereocenters. The van der Waals surface area contributed by atoms with Gasteiger partial charge in [0.1, 0.15) is 5.65 Å². The Morgan fingerprint density at radius 1 is 1.21 bits per heavy atom. The molecule has 0 radical (unpaired) electrons. The van der Waals surface area contributed by atoms with E-state index in [9.17, 15) is 0 Å². The summed E-state index contributed by atoms with van der Waals surface area (Å²) in [6, 6.07) is 12.7. The van der Waals surface area contributed by atoms with Gasteiger partial charge < -0.3 is 14.5 Å². The van der Waals surface area contributed by atoms with Crippen molar-refractivity contribution in [3.63, 3.8) is 0 Å². The van der Waals surface area contributed by atoms with Crippen LogP contribution in [0, 0.1) is 0 Å². The molecule has 1 aromatic carbocycles. The number of H-pyrrole nitrogens is 1. The fourth-order valence-electron chi connectivity index (χ4n) is 4.07. The molecule has 1 fully saturated rings. The van der Waals surface area contributed by atoms with Crippen LogP contribution in [0.2, 0.25) is 0 Å². The Bertz CT molecular complexity index is 901. The van der Waals surface area contributed by atoms with E-state index in [1.54, 1.807) is 7.11 Å². The summed E-state index contributed by atoms with van der Waals surface area (Å²) >= 11 is 0. The molecule has 3 heterocycles. The number of benzene rings is 1. The number of rotatable bonds is 6. The molecule has 2 aromatic heterocycles. The molecule has 148 valence electrons. The van der Waals surface area contributed by atoms with Crippen LogP contribution in [0.25, 0.3) is 11.0 Å². The van der Waals surface area contributed by atoms with Crippen molar-refractivity contribution >= 4 is 11.0 Å². The number of methoxy groups -OCH3 is 1. The highest BCUT2D eigenvalue weighted by Crippen LogP contribution is 2.32. The molecule has 0 bridgehead atoms. The number of nitrogens with one attached hydrogen (secondary N) is 1. The maximum Gasteiger partial charge on any atom is 0.161 e. The van der Waals surface area contributed by atoms with E-state index < -0.39 is 0 Å². The molecule has 1 aliphatic rings. The number of aromatic amines is 1. The minimum absolute atomic E-state index is 0.133. The van der Waals surface area contributed by atoms with E-state index in [4.69, 9.17) is 9.47 Å². The van der Waals surface area contributed by atoms with Gasteiger partial charge in [-0.25, -0.2) is 4.98 Å². The zero-order chi connectivity index (χ0) is 19.5. The number of hydrogen-bond acceptors (Lipinski definition) is 4. The molecule has 3 aromatic rings. The number of ether oxygens (including phenoxy) is 2. The number of pyridine rings is 1. The molecule has 1 aliphatic heterocycles. The molecule has 1 atom stereocenters. The molecule has 0 aliphatic carbocycles. The Kier molecular flexibility index (Phi) is 5.53. The van der Waals surface area contributed by atoms with E-state index in [1.807, 2.05) is 32.2 Å². The number of piperidine rings is 1. The summed E-state index contributed by atoms with van der Waals surface area (Å²) in [6.07, 6.45) is 4.40. The molecular weight excluding hydrogens is 350 g/mol. The number of nitrogens with zero attached hydrogens (tertiary/aromatic N) is 2. The summed E-state index contributed by atoms with van der Waals surface area (Å²) in [4.78, 5) is 10.5. The SMILES string of the molecule is COc1cc(CN2CCCC(c3cc4cccnc4[nH]3)C2)ccc1OC(C)C. The van der Waals surface area contributed by atoms with Gasteiger partial charge in [-0.3, -0.25) is 4.90 Å². The van der Waals surface area contributed by atoms with Crippen LogP contribution in [-0.4, -0.2) is 41.2 Å². The monoisotopic (exact) mass is 379 g/mol. The second-order valence-electron chi connectivity index (χ2n) is 7.89. The van der Waals surface area contributed by atoms with E-state index in [0.717, 1.165) is 36.8 Å². The fraction of sp³-hybridized carbons (Fsp3) is 0.435. The van der Waals surface area contributed by atoms with Crippen LogP contribution >= 0.6 is 0 Å². The average molecular weight is 380 g/mol. The van der Waals surface area contributed by atoms with Crippen molar-refractivity contribution in [1.29, 1.82) is 0 Å². The van der Waals surface area contributed by atoms with Crippen LogP contribution in [0.4, 0.5) is 0 Å². The third-order valence-electron chi connectivity index (χ3n) is 5.35. The summed E-state index contributed by atoms with van der Waals surface area (Å²) in [5, 5.41) is 1.19. The van der Waals surface area contributed by atoms with E-state index in [-0.39, 0.29) is 6.10 Å². The smallest absolute Gasteiger partial charge is 0.161 e. The summed E-state index contributed by atoms with van der Waals surface area (Å²) in [7, 11) is 1.70. The summed E-state index contributed by atoms with van der Waals surface area (Å²) in [5.74, 6) is 2.14. The Balaban J connectivity index is 1.46. The van der Waals surface area contributed by atoms with Crippen LogP contribution in [0.1, 0.15) is 43.9 Å². The highest BCUT2D eigenvalue weighted by molar-refractivity contribution is 5.76. The van der Waals surface area contributed by atoms with Crippen LogP contribution in [0.15, 0.2) is 42.6 Å². The van der Waals surface area contributed by atoms with Crippen LogP contribution in [0.3, 0.4) is 0 Å². The van der Waals surface area contributed by atoms with Crippen LogP contribution < -0.4 is 9.47 Å². The lowest BCUT2D eigenvalue weighted by Crippen LogP contribution is -2.34. The lowest BCUT2D eigenvalue weighted by atomic mass is 9.94. The largest absolute Gasteiger partial charge is 0.493 e. The van der Waals surface area contributed by atoms with Crippen molar-refractivity contribution in [2.45, 2.75) is 45.3 Å². The van der Waals surface area contributed by atoms with Gasteiger partial charge in [0.25, 0.3) is 0 Å². The van der Waals surface area contributed by atoms with Crippen molar-refractivity contribution in [2.75, 3.05) is 20.2 Å². The fourth-order valence-corrected chi connectivity index (χ4v) is 4.07. The molecule has 4 rings (SSSR count). The minimum Gasteiger partial charge on any atom is -0.493 e. The van der Waals surface area contributed by atoms with Crippen molar-refractivity contribution in [3.8, 4) is 11.5 Å². The number of likely N-dealkylation sites (tertiary alicyclic amines) is 1. The van der Waals surface area contributed by atoms with Gasteiger partial charge in [-0.15, -0.1) is 0 Å². The van der Waals surface area contributed by atoms with Crippen LogP contribution in [-0.2, 0) is 6.54 Å². The van der Waals surface area contributed by atoms with Gasteiger partial charge in [0.05, 0.1) is 13.2 Å². The topological polar surface area (TPSA) is 50.4 Å². The maximum absolute atomic E-state index is 5.84. The van der Waals surface area contributed by atoms with Gasteiger partial charge in [0.15, 0.2) is 11.5 Å². The van der Waals surface area contributed by atoms with E-state index in [0.29, 0.717) is 5.92 Å². The predicted octanol–water partition coefficient (Wildman–Crippen LogP) is 4.74. The first kappa shape index (κ1) is 18.8. The van der Waals surface area contributed by atoms with Gasteiger partial charge in [0.2, 0.25) is 0 Å². The molecule has 28 heavy (non-hydrogen) atoms. The standard InChI is InChI=1S/C23H29N3O2/c1-16(2)28-21-9-8-17(12-22(21)27-3)14-26-11-5-7-19(15-26)20-13-18-6-4-10-24-23(18)25-20/h4,6,8-10,12-13,16,19H,5,7,11,14-15H2,1-3H3,(H,24,25). The zero-order valence-corrected chi connectivity index (χ0v) is 16.9. The van der Waals surface area contributed by atoms with Gasteiger partial charge in [-0.1, -0.05) is 6.07 Å². The Morgan fingerprint density at radius 2 is 2.11 bits per heavy atom. The Hall–Kier alpha value is -2.53. The summed E-state index contributed by atoms with van der Waals surface area (Å²) < 4.78 is 11.4. The highest BCUT2D eigenvalue weighted by atomic mass is 16.5. The van der Waals surface area contributed by atoms with E-state index in [2.05, 4.69) is 39.1 Å². The first-order chi connectivity index (χ1) is 13.6. The summed E-state index contributed by atoms with van der Waals surface area (Å²) in [6.45, 7) is 7.16. The molecular formula is C23H29N3O2. The maximum atomic E-state index is 5.84. The van der Waals surface area contributed by atoms with E-state index in [1.165, 1.54) is 29.5 Å². The third kappa shape index (κ3) is 4.14. The third-order valence-corrected chi connectivity index (χ3v) is 5.35. The van der Waals surface area contributed by atoms with Crippen molar-refractivity contribution in [3.05, 3.63) is 53.9 Å². The number of fused-ring (bicyclic) bond motifs is 1. The van der Waals surface area contributed by atoms with Gasteiger partial charge >= 0.3 is 0 Å². The second-order valence-corrected chi connectivity index (χ2v) is 7.89. The van der Waals surface area contributed by atoms with Crippen molar-refractivity contribution in [1.82, 2.24) is 14.9 Å². The van der Waals surface area contributed by atoms with E-state index >= 15 is 0 Å². The minimum atomic E-state index is 0.133. The summed E-state index contributed by atoms with van der Waals surface area (Å²) in [5.41, 5.74) is 3.55.